The van der Waals surface area contributed by atoms with Crippen LogP contribution in [0.1, 0.15) is 13.3 Å². The number of primary amides is 1. The van der Waals surface area contributed by atoms with Gasteiger partial charge in [0.15, 0.2) is 0 Å². The zero-order valence-electron chi connectivity index (χ0n) is 9.18. The number of rotatable bonds is 5. The predicted octanol–water partition coefficient (Wildman–Crippen LogP) is 0.882. The lowest BCUT2D eigenvalue weighted by atomic mass is 10.2. The fourth-order valence-corrected chi connectivity index (χ4v) is 2.63. The molecule has 17 heavy (non-hydrogen) atoms. The predicted molar refractivity (Wildman–Crippen MR) is 65.0 cm³/mol. The molecule has 1 unspecified atom stereocenters. The molecule has 0 fully saturated rings. The van der Waals surface area contributed by atoms with E-state index in [9.17, 15) is 13.2 Å². The van der Waals surface area contributed by atoms with Crippen LogP contribution >= 0.6 is 11.6 Å². The smallest absolute Gasteiger partial charge is 0.241 e. The molecule has 3 N–H and O–H groups in total. The highest BCUT2D eigenvalue weighted by Gasteiger charge is 2.22. The maximum atomic E-state index is 11.9. The summed E-state index contributed by atoms with van der Waals surface area (Å²) in [5, 5.41) is 0.436. The fourth-order valence-electron chi connectivity index (χ4n) is 1.21. The van der Waals surface area contributed by atoms with Gasteiger partial charge >= 0.3 is 0 Å². The first-order chi connectivity index (χ1) is 7.86. The lowest BCUT2D eigenvalue weighted by Crippen LogP contribution is -2.43. The first-order valence-corrected chi connectivity index (χ1v) is 6.80. The SMILES string of the molecule is CCC(NS(=O)(=O)c1ccc(Cl)cc1)C(N)=O. The van der Waals surface area contributed by atoms with Crippen molar-refractivity contribution in [3.63, 3.8) is 0 Å². The van der Waals surface area contributed by atoms with Gasteiger partial charge in [0.05, 0.1) is 4.90 Å². The Hall–Kier alpha value is -1.11. The molecule has 1 aromatic rings. The van der Waals surface area contributed by atoms with Crippen LogP contribution in [0.3, 0.4) is 0 Å². The van der Waals surface area contributed by atoms with Crippen molar-refractivity contribution in [2.75, 3.05) is 0 Å². The Labute approximate surface area is 105 Å². The summed E-state index contributed by atoms with van der Waals surface area (Å²) in [6.45, 7) is 1.67. The highest BCUT2D eigenvalue weighted by atomic mass is 35.5. The number of hydrogen-bond acceptors (Lipinski definition) is 3. The Morgan fingerprint density at radius 1 is 1.41 bits per heavy atom. The Morgan fingerprint density at radius 3 is 2.35 bits per heavy atom. The van der Waals surface area contributed by atoms with E-state index >= 15 is 0 Å². The van der Waals surface area contributed by atoms with Crippen molar-refractivity contribution >= 4 is 27.5 Å². The van der Waals surface area contributed by atoms with Gasteiger partial charge in [-0.3, -0.25) is 4.79 Å². The summed E-state index contributed by atoms with van der Waals surface area (Å²) >= 11 is 5.66. The van der Waals surface area contributed by atoms with Gasteiger partial charge in [-0.15, -0.1) is 0 Å². The van der Waals surface area contributed by atoms with E-state index in [1.165, 1.54) is 24.3 Å². The van der Waals surface area contributed by atoms with Crippen molar-refractivity contribution in [2.45, 2.75) is 24.3 Å². The van der Waals surface area contributed by atoms with Gasteiger partial charge < -0.3 is 5.73 Å². The molecule has 0 saturated carbocycles. The molecule has 1 rings (SSSR count). The summed E-state index contributed by atoms with van der Waals surface area (Å²) in [4.78, 5) is 11.0. The van der Waals surface area contributed by atoms with E-state index in [0.717, 1.165) is 0 Å². The number of amides is 1. The Kier molecular flexibility index (Phi) is 4.50. The van der Waals surface area contributed by atoms with Crippen LogP contribution in [-0.4, -0.2) is 20.4 Å². The van der Waals surface area contributed by atoms with E-state index in [-0.39, 0.29) is 4.90 Å². The van der Waals surface area contributed by atoms with E-state index in [2.05, 4.69) is 4.72 Å². The van der Waals surface area contributed by atoms with Gasteiger partial charge in [-0.25, -0.2) is 8.42 Å². The molecule has 0 radical (unpaired) electrons. The van der Waals surface area contributed by atoms with Crippen LogP contribution < -0.4 is 10.5 Å². The van der Waals surface area contributed by atoms with Crippen LogP contribution in [0.5, 0.6) is 0 Å². The van der Waals surface area contributed by atoms with Gasteiger partial charge in [0.1, 0.15) is 6.04 Å². The zero-order valence-corrected chi connectivity index (χ0v) is 10.8. The van der Waals surface area contributed by atoms with Gasteiger partial charge in [-0.05, 0) is 30.7 Å². The molecule has 0 spiro atoms. The first-order valence-electron chi connectivity index (χ1n) is 4.94. The van der Waals surface area contributed by atoms with Gasteiger partial charge in [0.2, 0.25) is 15.9 Å². The molecule has 1 atom stereocenters. The van der Waals surface area contributed by atoms with Crippen LogP contribution in [-0.2, 0) is 14.8 Å². The summed E-state index contributed by atoms with van der Waals surface area (Å²) in [6.07, 6.45) is 0.294. The second-order valence-electron chi connectivity index (χ2n) is 3.44. The molecule has 0 aliphatic carbocycles. The summed E-state index contributed by atoms with van der Waals surface area (Å²) in [5.41, 5.74) is 5.07. The van der Waals surface area contributed by atoms with E-state index in [1.807, 2.05) is 0 Å². The number of sulfonamides is 1. The average Bonchev–Trinajstić information content (AvgIpc) is 2.26. The largest absolute Gasteiger partial charge is 0.368 e. The van der Waals surface area contributed by atoms with Crippen LogP contribution in [0.15, 0.2) is 29.2 Å². The van der Waals surface area contributed by atoms with E-state index < -0.39 is 22.0 Å². The van der Waals surface area contributed by atoms with Crippen molar-refractivity contribution in [1.29, 1.82) is 0 Å². The van der Waals surface area contributed by atoms with Crippen molar-refractivity contribution in [1.82, 2.24) is 4.72 Å². The summed E-state index contributed by atoms with van der Waals surface area (Å²) in [5.74, 6) is -0.704. The maximum absolute atomic E-state index is 11.9. The second kappa shape index (κ2) is 5.48. The van der Waals surface area contributed by atoms with E-state index in [4.69, 9.17) is 17.3 Å². The number of nitrogens with one attached hydrogen (secondary N) is 1. The highest BCUT2D eigenvalue weighted by Crippen LogP contribution is 2.14. The third-order valence-corrected chi connectivity index (χ3v) is 3.91. The minimum Gasteiger partial charge on any atom is -0.368 e. The van der Waals surface area contributed by atoms with Gasteiger partial charge in [-0.1, -0.05) is 18.5 Å². The summed E-state index contributed by atoms with van der Waals surface area (Å²) < 4.78 is 25.9. The minimum absolute atomic E-state index is 0.0431. The van der Waals surface area contributed by atoms with Crippen molar-refractivity contribution in [3.05, 3.63) is 29.3 Å². The average molecular weight is 277 g/mol. The molecule has 5 nitrogen and oxygen atoms in total. The van der Waals surface area contributed by atoms with Gasteiger partial charge in [-0.2, -0.15) is 4.72 Å². The molecule has 0 saturated heterocycles. The molecule has 0 aliphatic heterocycles. The zero-order chi connectivity index (χ0) is 13.1. The van der Waals surface area contributed by atoms with Crippen molar-refractivity contribution in [2.24, 2.45) is 5.73 Å². The molecule has 94 valence electrons. The van der Waals surface area contributed by atoms with Crippen LogP contribution in [0.4, 0.5) is 0 Å². The van der Waals surface area contributed by atoms with E-state index in [0.29, 0.717) is 11.4 Å². The van der Waals surface area contributed by atoms with Gasteiger partial charge in [0.25, 0.3) is 0 Å². The van der Waals surface area contributed by atoms with E-state index in [1.54, 1.807) is 6.92 Å². The van der Waals surface area contributed by atoms with Crippen LogP contribution in [0, 0.1) is 0 Å². The first kappa shape index (κ1) is 14.0. The third kappa shape index (κ3) is 3.69. The standard InChI is InChI=1S/C10H13ClN2O3S/c1-2-9(10(12)14)13-17(15,16)8-5-3-7(11)4-6-8/h3-6,9,13H,2H2,1H3,(H2,12,14). The molecular weight excluding hydrogens is 264 g/mol. The molecule has 0 aromatic heterocycles. The van der Waals surface area contributed by atoms with Crippen LogP contribution in [0.2, 0.25) is 5.02 Å². The molecule has 0 aliphatic rings. The lowest BCUT2D eigenvalue weighted by Gasteiger charge is -2.13. The topological polar surface area (TPSA) is 89.3 Å². The number of hydrogen-bond donors (Lipinski definition) is 2. The number of benzene rings is 1. The molecular formula is C10H13ClN2O3S. The quantitative estimate of drug-likeness (QED) is 0.837. The van der Waals surface area contributed by atoms with Gasteiger partial charge in [0, 0.05) is 5.02 Å². The minimum atomic E-state index is -3.74. The molecule has 1 aromatic carbocycles. The second-order valence-corrected chi connectivity index (χ2v) is 5.59. The normalized spacial score (nSPS) is 13.3. The molecule has 1 amide bonds. The van der Waals surface area contributed by atoms with Crippen molar-refractivity contribution < 1.29 is 13.2 Å². The Balaban J connectivity index is 2.96. The molecule has 7 heteroatoms. The Bertz CT molecular complexity index is 499. The molecule has 0 bridgehead atoms. The highest BCUT2D eigenvalue weighted by molar-refractivity contribution is 7.89. The number of carbonyl (C=O) groups excluding carboxylic acids is 1. The monoisotopic (exact) mass is 276 g/mol. The Morgan fingerprint density at radius 2 is 1.94 bits per heavy atom. The third-order valence-electron chi connectivity index (χ3n) is 2.17. The van der Waals surface area contributed by atoms with Crippen molar-refractivity contribution in [3.8, 4) is 0 Å². The van der Waals surface area contributed by atoms with Crippen LogP contribution in [0.25, 0.3) is 0 Å². The number of carbonyl (C=O) groups is 1. The summed E-state index contributed by atoms with van der Waals surface area (Å²) in [7, 11) is -3.74. The fraction of sp³-hybridized carbons (Fsp3) is 0.300. The summed E-state index contributed by atoms with van der Waals surface area (Å²) in [6, 6.07) is 4.73. The number of halogens is 1. The molecule has 0 heterocycles. The lowest BCUT2D eigenvalue weighted by molar-refractivity contribution is -0.119. The number of nitrogens with two attached hydrogens (primary N) is 1. The maximum Gasteiger partial charge on any atom is 0.241 e.